The van der Waals surface area contributed by atoms with Gasteiger partial charge in [-0.2, -0.15) is 0 Å². The predicted octanol–water partition coefficient (Wildman–Crippen LogP) is 3.80. The maximum atomic E-state index is 5.70. The van der Waals surface area contributed by atoms with Crippen LogP contribution in [-0.4, -0.2) is 31.1 Å². The van der Waals surface area contributed by atoms with Gasteiger partial charge in [-0.25, -0.2) is 0 Å². The summed E-state index contributed by atoms with van der Waals surface area (Å²) in [6.07, 6.45) is 13.8. The molecule has 0 aliphatic heterocycles. The molecule has 0 radical (unpaired) electrons. The summed E-state index contributed by atoms with van der Waals surface area (Å²) in [7, 11) is 2.33. The van der Waals surface area contributed by atoms with Crippen LogP contribution >= 0.6 is 0 Å². The van der Waals surface area contributed by atoms with Gasteiger partial charge >= 0.3 is 0 Å². The third-order valence-electron chi connectivity index (χ3n) is 4.59. The van der Waals surface area contributed by atoms with E-state index >= 15 is 0 Å². The lowest BCUT2D eigenvalue weighted by Gasteiger charge is -2.31. The lowest BCUT2D eigenvalue weighted by Crippen LogP contribution is -2.34. The monoisotopic (exact) mass is 254 g/mol. The maximum Gasteiger partial charge on any atom is 0.00922 e. The van der Waals surface area contributed by atoms with E-state index in [2.05, 4.69) is 18.9 Å². The van der Waals surface area contributed by atoms with Crippen LogP contribution in [0.25, 0.3) is 0 Å². The van der Waals surface area contributed by atoms with Gasteiger partial charge in [-0.15, -0.1) is 0 Å². The summed E-state index contributed by atoms with van der Waals surface area (Å²) in [5, 5.41) is 0. The first kappa shape index (κ1) is 16.0. The third-order valence-corrected chi connectivity index (χ3v) is 4.59. The summed E-state index contributed by atoms with van der Waals surface area (Å²) in [6.45, 7) is 4.44. The predicted molar refractivity (Wildman–Crippen MR) is 80.8 cm³/mol. The molecule has 108 valence electrons. The van der Waals surface area contributed by atoms with Gasteiger partial charge in [-0.3, -0.25) is 0 Å². The molecular formula is C16H34N2. The molecule has 18 heavy (non-hydrogen) atoms. The minimum absolute atomic E-state index is 0.864. The quantitative estimate of drug-likeness (QED) is 0.678. The van der Waals surface area contributed by atoms with Crippen LogP contribution in [0.2, 0.25) is 0 Å². The molecule has 0 heterocycles. The summed E-state index contributed by atoms with van der Waals surface area (Å²) >= 11 is 0. The minimum Gasteiger partial charge on any atom is -0.330 e. The van der Waals surface area contributed by atoms with Gasteiger partial charge in [0.25, 0.3) is 0 Å². The standard InChI is InChI=1S/C16H34N2/c1-3-8-15(12-13-17)9-7-14-18(2)16-10-5-4-6-11-16/h15-16H,3-14,17H2,1-2H3. The van der Waals surface area contributed by atoms with Gasteiger partial charge in [0.1, 0.15) is 0 Å². The number of nitrogens with zero attached hydrogens (tertiary/aromatic N) is 1. The Balaban J connectivity index is 2.14. The van der Waals surface area contributed by atoms with E-state index in [-0.39, 0.29) is 0 Å². The average Bonchev–Trinajstić information content (AvgIpc) is 2.40. The van der Waals surface area contributed by atoms with Gasteiger partial charge in [0, 0.05) is 6.04 Å². The smallest absolute Gasteiger partial charge is 0.00922 e. The second kappa shape index (κ2) is 9.80. The summed E-state index contributed by atoms with van der Waals surface area (Å²) < 4.78 is 0. The van der Waals surface area contributed by atoms with Crippen molar-refractivity contribution in [1.82, 2.24) is 4.90 Å². The van der Waals surface area contributed by atoms with Crippen molar-refractivity contribution in [3.8, 4) is 0 Å². The molecule has 0 aromatic carbocycles. The zero-order chi connectivity index (χ0) is 13.2. The topological polar surface area (TPSA) is 29.3 Å². The number of rotatable bonds is 9. The molecular weight excluding hydrogens is 220 g/mol. The zero-order valence-electron chi connectivity index (χ0n) is 12.7. The lowest BCUT2D eigenvalue weighted by atomic mass is 9.93. The first-order valence-corrected chi connectivity index (χ1v) is 8.18. The van der Waals surface area contributed by atoms with E-state index in [0.29, 0.717) is 0 Å². The average molecular weight is 254 g/mol. The van der Waals surface area contributed by atoms with Crippen LogP contribution in [-0.2, 0) is 0 Å². The molecule has 0 amide bonds. The van der Waals surface area contributed by atoms with Gasteiger partial charge in [0.05, 0.1) is 0 Å². The van der Waals surface area contributed by atoms with E-state index < -0.39 is 0 Å². The van der Waals surface area contributed by atoms with Crippen molar-refractivity contribution in [3.05, 3.63) is 0 Å². The first-order chi connectivity index (χ1) is 8.77. The molecule has 2 heteroatoms. The molecule has 1 saturated carbocycles. The normalized spacial score (nSPS) is 19.3. The van der Waals surface area contributed by atoms with Crippen LogP contribution < -0.4 is 5.73 Å². The molecule has 1 unspecified atom stereocenters. The number of hydrogen-bond donors (Lipinski definition) is 1. The molecule has 1 rings (SSSR count). The van der Waals surface area contributed by atoms with E-state index in [0.717, 1.165) is 18.5 Å². The van der Waals surface area contributed by atoms with Crippen molar-refractivity contribution in [2.75, 3.05) is 20.1 Å². The first-order valence-electron chi connectivity index (χ1n) is 8.18. The van der Waals surface area contributed by atoms with Crippen molar-refractivity contribution >= 4 is 0 Å². The highest BCUT2D eigenvalue weighted by Crippen LogP contribution is 2.23. The van der Waals surface area contributed by atoms with Crippen molar-refractivity contribution < 1.29 is 0 Å². The summed E-state index contributed by atoms with van der Waals surface area (Å²) in [5.74, 6) is 0.875. The fourth-order valence-corrected chi connectivity index (χ4v) is 3.41. The zero-order valence-corrected chi connectivity index (χ0v) is 12.7. The molecule has 0 saturated heterocycles. The second-order valence-electron chi connectivity index (χ2n) is 6.15. The summed E-state index contributed by atoms with van der Waals surface area (Å²) in [5.41, 5.74) is 5.70. The highest BCUT2D eigenvalue weighted by atomic mass is 15.1. The molecule has 0 aromatic rings. The molecule has 1 aliphatic rings. The molecule has 2 N–H and O–H groups in total. The Bertz CT molecular complexity index is 182. The Morgan fingerprint density at radius 3 is 2.44 bits per heavy atom. The number of hydrogen-bond acceptors (Lipinski definition) is 2. The van der Waals surface area contributed by atoms with E-state index in [1.165, 1.54) is 70.8 Å². The van der Waals surface area contributed by atoms with Crippen molar-refractivity contribution in [3.63, 3.8) is 0 Å². The largest absolute Gasteiger partial charge is 0.330 e. The highest BCUT2D eigenvalue weighted by Gasteiger charge is 2.17. The fraction of sp³-hybridized carbons (Fsp3) is 1.00. The number of nitrogens with two attached hydrogens (primary N) is 1. The van der Waals surface area contributed by atoms with Gasteiger partial charge in [0.2, 0.25) is 0 Å². The van der Waals surface area contributed by atoms with Gasteiger partial charge in [0.15, 0.2) is 0 Å². The molecule has 0 aromatic heterocycles. The van der Waals surface area contributed by atoms with E-state index in [4.69, 9.17) is 5.73 Å². The molecule has 0 bridgehead atoms. The van der Waals surface area contributed by atoms with Crippen LogP contribution in [0.1, 0.15) is 71.1 Å². The van der Waals surface area contributed by atoms with Crippen molar-refractivity contribution in [1.29, 1.82) is 0 Å². The molecule has 1 atom stereocenters. The Kier molecular flexibility index (Phi) is 8.70. The van der Waals surface area contributed by atoms with Crippen molar-refractivity contribution in [2.24, 2.45) is 11.7 Å². The van der Waals surface area contributed by atoms with Crippen LogP contribution in [0.4, 0.5) is 0 Å². The van der Waals surface area contributed by atoms with Gasteiger partial charge in [-0.1, -0.05) is 39.0 Å². The van der Waals surface area contributed by atoms with Gasteiger partial charge < -0.3 is 10.6 Å². The van der Waals surface area contributed by atoms with Crippen LogP contribution in [0, 0.1) is 5.92 Å². The Labute approximate surface area is 114 Å². The summed E-state index contributed by atoms with van der Waals surface area (Å²) in [4.78, 5) is 2.62. The lowest BCUT2D eigenvalue weighted by molar-refractivity contribution is 0.184. The van der Waals surface area contributed by atoms with E-state index in [1.807, 2.05) is 0 Å². The minimum atomic E-state index is 0.864. The Hall–Kier alpha value is -0.0800. The molecule has 1 fully saturated rings. The van der Waals surface area contributed by atoms with Crippen LogP contribution in [0.3, 0.4) is 0 Å². The van der Waals surface area contributed by atoms with Crippen molar-refractivity contribution in [2.45, 2.75) is 77.2 Å². The van der Waals surface area contributed by atoms with Gasteiger partial charge in [-0.05, 0) is 58.2 Å². The maximum absolute atomic E-state index is 5.70. The fourth-order valence-electron chi connectivity index (χ4n) is 3.41. The van der Waals surface area contributed by atoms with E-state index in [1.54, 1.807) is 0 Å². The Morgan fingerprint density at radius 1 is 1.11 bits per heavy atom. The SMILES string of the molecule is CCCC(CCN)CCCN(C)C1CCCCC1. The molecule has 1 aliphatic carbocycles. The molecule has 2 nitrogen and oxygen atoms in total. The van der Waals surface area contributed by atoms with Crippen LogP contribution in [0.15, 0.2) is 0 Å². The summed E-state index contributed by atoms with van der Waals surface area (Å²) in [6, 6.07) is 0.873. The van der Waals surface area contributed by atoms with Crippen LogP contribution in [0.5, 0.6) is 0 Å². The third kappa shape index (κ3) is 6.19. The van der Waals surface area contributed by atoms with E-state index in [9.17, 15) is 0 Å². The molecule has 0 spiro atoms. The second-order valence-corrected chi connectivity index (χ2v) is 6.15. The highest BCUT2D eigenvalue weighted by molar-refractivity contribution is 4.73. The Morgan fingerprint density at radius 2 is 1.83 bits per heavy atom.